The molecule has 0 saturated carbocycles. The molecule has 2 saturated heterocycles. The van der Waals surface area contributed by atoms with Gasteiger partial charge in [-0.05, 0) is 0 Å². The summed E-state index contributed by atoms with van der Waals surface area (Å²) >= 11 is -2.05. The van der Waals surface area contributed by atoms with E-state index in [-0.39, 0.29) is 12.2 Å². The first-order valence-electron chi connectivity index (χ1n) is 3.72. The number of carbonyl (C=O) groups is 2. The molecular formula is C8H13O2Rh. The zero-order valence-electron chi connectivity index (χ0n) is 6.69. The predicted molar refractivity (Wildman–Crippen MR) is 39.5 cm³/mol. The third-order valence-corrected chi connectivity index (χ3v) is 13.3. The molecule has 2 aliphatic rings. The van der Waals surface area contributed by atoms with Crippen LogP contribution in [0.1, 0.15) is 13.3 Å². The first-order chi connectivity index (χ1) is 5.07. The van der Waals surface area contributed by atoms with Gasteiger partial charge in [0, 0.05) is 0 Å². The van der Waals surface area contributed by atoms with Crippen molar-refractivity contribution in [2.45, 2.75) is 33.4 Å². The van der Waals surface area contributed by atoms with E-state index in [1.54, 1.807) is 0 Å². The van der Waals surface area contributed by atoms with Gasteiger partial charge < -0.3 is 0 Å². The average molecular weight is 244 g/mol. The third-order valence-electron chi connectivity index (χ3n) is 2.52. The maximum atomic E-state index is 11.6. The number of hydrogen-bond donors (Lipinski definition) is 0. The van der Waals surface area contributed by atoms with Crippen LogP contribution >= 0.6 is 0 Å². The van der Waals surface area contributed by atoms with E-state index in [0.29, 0.717) is 4.38 Å². The fourth-order valence-corrected chi connectivity index (χ4v) is 13.2. The Balaban J connectivity index is 2.07. The second-order valence-electron chi connectivity index (χ2n) is 3.35. The molecule has 0 aromatic carbocycles. The van der Waals surface area contributed by atoms with E-state index in [1.807, 2.05) is 0 Å². The number of rotatable bonds is 3. The number of Topliss-reactive ketones (excluding diaryl/α,β-unsaturated/α-hetero) is 1. The van der Waals surface area contributed by atoms with Crippen LogP contribution in [0.5, 0.6) is 0 Å². The average Bonchev–Trinajstić information content (AvgIpc) is 2.75. The van der Waals surface area contributed by atoms with Crippen LogP contribution in [0.3, 0.4) is 0 Å². The van der Waals surface area contributed by atoms with E-state index >= 15 is 0 Å². The van der Waals surface area contributed by atoms with Gasteiger partial charge in [-0.25, -0.2) is 0 Å². The van der Waals surface area contributed by atoms with Gasteiger partial charge in [0.15, 0.2) is 0 Å². The second kappa shape index (κ2) is 1.82. The summed E-state index contributed by atoms with van der Waals surface area (Å²) in [7, 11) is 0. The van der Waals surface area contributed by atoms with E-state index < -0.39 is 13.6 Å². The van der Waals surface area contributed by atoms with Crippen molar-refractivity contribution in [2.24, 2.45) is 0 Å². The van der Waals surface area contributed by atoms with Crippen molar-refractivity contribution in [3.05, 3.63) is 0 Å². The molecule has 0 unspecified atom stereocenters. The molecule has 0 aromatic rings. The van der Waals surface area contributed by atoms with E-state index in [9.17, 15) is 9.59 Å². The zero-order valence-corrected chi connectivity index (χ0v) is 8.32. The van der Waals surface area contributed by atoms with Gasteiger partial charge in [-0.3, -0.25) is 0 Å². The van der Waals surface area contributed by atoms with Crippen molar-refractivity contribution in [2.75, 3.05) is 0 Å². The molecule has 0 radical (unpaired) electrons. The molecule has 66 valence electrons. The molecule has 0 amide bonds. The quantitative estimate of drug-likeness (QED) is 0.561. The van der Waals surface area contributed by atoms with Crippen LogP contribution in [0.25, 0.3) is 0 Å². The molecule has 2 aliphatic heterocycles. The number of carbonyl (C=O) groups excluding carboxylic acids is 2. The Kier molecular flexibility index (Phi) is 1.26. The van der Waals surface area contributed by atoms with Gasteiger partial charge in [-0.15, -0.1) is 0 Å². The van der Waals surface area contributed by atoms with Crippen LogP contribution in [0.15, 0.2) is 0 Å². The normalized spacial score (nSPS) is 31.9. The molecule has 0 aliphatic carbocycles. The topological polar surface area (TPSA) is 34.1 Å². The van der Waals surface area contributed by atoms with Crippen LogP contribution in [-0.4, -0.2) is 10.2 Å². The van der Waals surface area contributed by atoms with Crippen molar-refractivity contribution in [1.82, 2.24) is 0 Å². The Morgan fingerprint density at radius 2 is 1.64 bits per heavy atom. The number of hydrogen-bond acceptors (Lipinski definition) is 2. The van der Waals surface area contributed by atoms with Crippen molar-refractivity contribution in [1.29, 1.82) is 0 Å². The van der Waals surface area contributed by atoms with Crippen LogP contribution < -0.4 is 0 Å². The van der Waals surface area contributed by atoms with E-state index in [0.717, 1.165) is 0 Å². The standard InChI is InChI=1S/C4H5O2.2C2H4.Rh/c1-4(6)2-3-5;2*1-2;/h2H2,1H3;2*1-2H2;. The summed E-state index contributed by atoms with van der Waals surface area (Å²) in [5.41, 5.74) is 0. The van der Waals surface area contributed by atoms with E-state index in [1.165, 1.54) is 27.0 Å². The summed E-state index contributed by atoms with van der Waals surface area (Å²) in [4.78, 5) is 22.3. The zero-order chi connectivity index (χ0) is 8.14. The molecule has 0 N–H and O–H groups in total. The molecule has 2 heterocycles. The monoisotopic (exact) mass is 244 g/mol. The van der Waals surface area contributed by atoms with Gasteiger partial charge in [0.2, 0.25) is 0 Å². The Morgan fingerprint density at radius 1 is 1.18 bits per heavy atom. The summed E-state index contributed by atoms with van der Waals surface area (Å²) in [5, 5.41) is 4.87. The van der Waals surface area contributed by atoms with Crippen molar-refractivity contribution >= 4 is 10.2 Å². The van der Waals surface area contributed by atoms with Gasteiger partial charge in [0.25, 0.3) is 0 Å². The van der Waals surface area contributed by atoms with E-state index in [4.69, 9.17) is 0 Å². The number of ketones is 1. The molecule has 11 heavy (non-hydrogen) atoms. The summed E-state index contributed by atoms with van der Waals surface area (Å²) < 4.78 is 0.390. The van der Waals surface area contributed by atoms with Gasteiger partial charge >= 0.3 is 66.8 Å². The third kappa shape index (κ3) is 0.937. The summed E-state index contributed by atoms with van der Waals surface area (Å²) in [5.74, 6) is 0.0587. The molecule has 0 bridgehead atoms. The molecule has 0 atom stereocenters. The van der Waals surface area contributed by atoms with Gasteiger partial charge in [-0.2, -0.15) is 0 Å². The van der Waals surface area contributed by atoms with E-state index in [2.05, 4.69) is 0 Å². The van der Waals surface area contributed by atoms with Crippen LogP contribution in [-0.2, 0) is 23.2 Å². The summed E-state index contributed by atoms with van der Waals surface area (Å²) in [6.07, 6.45) is 0.251. The summed E-state index contributed by atoms with van der Waals surface area (Å²) in [6, 6.07) is 0. The molecule has 2 rings (SSSR count). The van der Waals surface area contributed by atoms with Crippen molar-refractivity contribution < 1.29 is 23.2 Å². The fourth-order valence-electron chi connectivity index (χ4n) is 1.27. The Labute approximate surface area is 67.1 Å². The minimum absolute atomic E-state index is 0.0587. The maximum absolute atomic E-state index is 11.6. The Hall–Kier alpha value is -0.0366. The first-order valence-corrected chi connectivity index (χ1v) is 9.18. The van der Waals surface area contributed by atoms with Crippen molar-refractivity contribution in [3.8, 4) is 0 Å². The van der Waals surface area contributed by atoms with Crippen LogP contribution in [0.4, 0.5) is 0 Å². The predicted octanol–water partition coefficient (Wildman–Crippen LogP) is 1.88. The SMILES string of the molecule is CC(=O)C[C](=O)[Rh]12([CH2][CH2]1)[CH2][CH2]2. The van der Waals surface area contributed by atoms with Gasteiger partial charge in [0.05, 0.1) is 0 Å². The fraction of sp³-hybridized carbons (Fsp3) is 0.750. The molecule has 1 spiro atoms. The van der Waals surface area contributed by atoms with Gasteiger partial charge in [-0.1, -0.05) is 0 Å². The molecule has 2 nitrogen and oxygen atoms in total. The van der Waals surface area contributed by atoms with Crippen molar-refractivity contribution in [3.63, 3.8) is 0 Å². The Bertz CT molecular complexity index is 229. The first kappa shape index (κ1) is 7.60. The molecule has 2 fully saturated rings. The van der Waals surface area contributed by atoms with Gasteiger partial charge in [0.1, 0.15) is 0 Å². The van der Waals surface area contributed by atoms with Crippen LogP contribution in [0.2, 0.25) is 20.1 Å². The second-order valence-corrected chi connectivity index (χ2v) is 14.8. The Morgan fingerprint density at radius 3 is 1.91 bits per heavy atom. The summed E-state index contributed by atoms with van der Waals surface area (Å²) in [6.45, 7) is 1.52. The molecular weight excluding hydrogens is 231 g/mol. The molecule has 3 heteroatoms. The minimum atomic E-state index is -2.05. The van der Waals surface area contributed by atoms with Crippen LogP contribution in [0, 0.1) is 0 Å². The molecule has 0 aromatic heterocycles.